The number of amides is 1. The van der Waals surface area contributed by atoms with Crippen LogP contribution < -0.4 is 0 Å². The van der Waals surface area contributed by atoms with Gasteiger partial charge in [0.15, 0.2) is 0 Å². The van der Waals surface area contributed by atoms with Gasteiger partial charge in [0, 0.05) is 32.1 Å². The van der Waals surface area contributed by atoms with Crippen molar-refractivity contribution < 1.29 is 4.79 Å². The lowest BCUT2D eigenvalue weighted by molar-refractivity contribution is -0.129. The molecular weight excluding hydrogens is 176 g/mol. The molecule has 2 aliphatic rings. The molecule has 2 aliphatic heterocycles. The van der Waals surface area contributed by atoms with E-state index >= 15 is 0 Å². The number of carbonyl (C=O) groups is 1. The first-order chi connectivity index (χ1) is 6.72. The van der Waals surface area contributed by atoms with Gasteiger partial charge in [-0.05, 0) is 19.4 Å². The minimum Gasteiger partial charge on any atom is -0.344 e. The van der Waals surface area contributed by atoms with E-state index < -0.39 is 0 Å². The van der Waals surface area contributed by atoms with E-state index in [2.05, 4.69) is 11.8 Å². The highest BCUT2D eigenvalue weighted by atomic mass is 16.2. The smallest absolute Gasteiger partial charge is 0.223 e. The van der Waals surface area contributed by atoms with Gasteiger partial charge in [-0.25, -0.2) is 0 Å². The number of hydrogen-bond donors (Lipinski definition) is 0. The Morgan fingerprint density at radius 1 is 1.36 bits per heavy atom. The molecule has 0 aromatic heterocycles. The van der Waals surface area contributed by atoms with Crippen LogP contribution in [0.1, 0.15) is 32.6 Å². The summed E-state index contributed by atoms with van der Waals surface area (Å²) in [7, 11) is 1.94. The third-order valence-electron chi connectivity index (χ3n) is 3.70. The summed E-state index contributed by atoms with van der Waals surface area (Å²) < 4.78 is 0. The van der Waals surface area contributed by atoms with Crippen LogP contribution in [0.2, 0.25) is 0 Å². The summed E-state index contributed by atoms with van der Waals surface area (Å²) in [5, 5.41) is 0. The third-order valence-corrected chi connectivity index (χ3v) is 3.70. The van der Waals surface area contributed by atoms with Crippen LogP contribution in [-0.4, -0.2) is 47.9 Å². The second-order valence-corrected chi connectivity index (χ2v) is 4.55. The van der Waals surface area contributed by atoms with Crippen LogP contribution in [0.5, 0.6) is 0 Å². The molecule has 0 saturated carbocycles. The fourth-order valence-corrected chi connectivity index (χ4v) is 2.93. The van der Waals surface area contributed by atoms with Gasteiger partial charge in [0.05, 0.1) is 0 Å². The molecule has 80 valence electrons. The van der Waals surface area contributed by atoms with E-state index in [0.29, 0.717) is 18.0 Å². The Bertz CT molecular complexity index is 229. The van der Waals surface area contributed by atoms with E-state index in [0.717, 1.165) is 19.5 Å². The highest BCUT2D eigenvalue weighted by Crippen LogP contribution is 2.28. The van der Waals surface area contributed by atoms with E-state index in [1.165, 1.54) is 19.3 Å². The minimum absolute atomic E-state index is 0.331. The average Bonchev–Trinajstić information content (AvgIpc) is 2.22. The number of carbonyl (C=O) groups excluding carboxylic acids is 1. The maximum atomic E-state index is 11.7. The molecule has 2 bridgehead atoms. The van der Waals surface area contributed by atoms with Crippen molar-refractivity contribution in [2.75, 3.05) is 20.1 Å². The number of likely N-dealkylation sites (N-methyl/N-ethyl adjacent to an activating group) is 2. The van der Waals surface area contributed by atoms with Crippen LogP contribution in [-0.2, 0) is 4.79 Å². The lowest BCUT2D eigenvalue weighted by Crippen LogP contribution is -2.47. The van der Waals surface area contributed by atoms with Gasteiger partial charge >= 0.3 is 0 Å². The molecule has 0 spiro atoms. The summed E-state index contributed by atoms with van der Waals surface area (Å²) in [6.07, 6.45) is 4.51. The average molecular weight is 196 g/mol. The summed E-state index contributed by atoms with van der Waals surface area (Å²) >= 11 is 0. The number of rotatable bonds is 1. The SMILES string of the molecule is CCN1C2CCCC1CN(C)C(=O)C2. The first-order valence-corrected chi connectivity index (χ1v) is 5.72. The lowest BCUT2D eigenvalue weighted by Gasteiger charge is -2.39. The minimum atomic E-state index is 0.331. The van der Waals surface area contributed by atoms with Crippen LogP contribution in [0.15, 0.2) is 0 Å². The van der Waals surface area contributed by atoms with Gasteiger partial charge in [0.25, 0.3) is 0 Å². The van der Waals surface area contributed by atoms with E-state index in [-0.39, 0.29) is 0 Å². The molecule has 0 radical (unpaired) electrons. The second-order valence-electron chi connectivity index (χ2n) is 4.55. The van der Waals surface area contributed by atoms with Gasteiger partial charge in [-0.1, -0.05) is 13.3 Å². The zero-order chi connectivity index (χ0) is 10.1. The Labute approximate surface area is 86.1 Å². The largest absolute Gasteiger partial charge is 0.344 e. The monoisotopic (exact) mass is 196 g/mol. The Kier molecular flexibility index (Phi) is 2.77. The molecule has 0 N–H and O–H groups in total. The molecule has 2 heterocycles. The van der Waals surface area contributed by atoms with Crippen molar-refractivity contribution in [1.82, 2.24) is 9.80 Å². The molecule has 14 heavy (non-hydrogen) atoms. The quantitative estimate of drug-likeness (QED) is 0.627. The number of piperidine rings is 1. The molecule has 0 aromatic rings. The fourth-order valence-electron chi connectivity index (χ4n) is 2.93. The van der Waals surface area contributed by atoms with Crippen LogP contribution >= 0.6 is 0 Å². The zero-order valence-electron chi connectivity index (χ0n) is 9.20. The van der Waals surface area contributed by atoms with Gasteiger partial charge in [0.2, 0.25) is 5.91 Å². The van der Waals surface area contributed by atoms with Crippen molar-refractivity contribution in [2.24, 2.45) is 0 Å². The second kappa shape index (κ2) is 3.89. The first kappa shape index (κ1) is 9.97. The molecular formula is C11H20N2O. The Balaban J connectivity index is 2.18. The Hall–Kier alpha value is -0.570. The van der Waals surface area contributed by atoms with Crippen molar-refractivity contribution in [3.8, 4) is 0 Å². The van der Waals surface area contributed by atoms with E-state index in [9.17, 15) is 4.79 Å². The Morgan fingerprint density at radius 2 is 2.07 bits per heavy atom. The molecule has 2 unspecified atom stereocenters. The van der Waals surface area contributed by atoms with Gasteiger partial charge < -0.3 is 4.90 Å². The first-order valence-electron chi connectivity index (χ1n) is 5.72. The normalized spacial score (nSPS) is 34.4. The van der Waals surface area contributed by atoms with Crippen molar-refractivity contribution in [2.45, 2.75) is 44.7 Å². The van der Waals surface area contributed by atoms with Crippen molar-refractivity contribution in [3.63, 3.8) is 0 Å². The van der Waals surface area contributed by atoms with Crippen LogP contribution in [0, 0.1) is 0 Å². The lowest BCUT2D eigenvalue weighted by atomic mass is 9.95. The molecule has 0 aliphatic carbocycles. The van der Waals surface area contributed by atoms with Crippen LogP contribution in [0.3, 0.4) is 0 Å². The van der Waals surface area contributed by atoms with Crippen LogP contribution in [0.4, 0.5) is 0 Å². The van der Waals surface area contributed by atoms with Crippen LogP contribution in [0.25, 0.3) is 0 Å². The third kappa shape index (κ3) is 1.65. The summed E-state index contributed by atoms with van der Waals surface area (Å²) in [4.78, 5) is 16.2. The predicted molar refractivity (Wildman–Crippen MR) is 56.1 cm³/mol. The zero-order valence-corrected chi connectivity index (χ0v) is 9.20. The van der Waals surface area contributed by atoms with Crippen molar-refractivity contribution >= 4 is 5.91 Å². The molecule has 2 fully saturated rings. The highest BCUT2D eigenvalue weighted by molar-refractivity contribution is 5.77. The molecule has 2 saturated heterocycles. The summed E-state index contributed by atoms with van der Waals surface area (Å²) in [5.74, 6) is 0.331. The number of fused-ring (bicyclic) bond motifs is 2. The van der Waals surface area contributed by atoms with Crippen molar-refractivity contribution in [3.05, 3.63) is 0 Å². The van der Waals surface area contributed by atoms with Gasteiger partial charge in [0.1, 0.15) is 0 Å². The van der Waals surface area contributed by atoms with E-state index in [1.807, 2.05) is 11.9 Å². The molecule has 3 nitrogen and oxygen atoms in total. The van der Waals surface area contributed by atoms with E-state index in [1.54, 1.807) is 0 Å². The van der Waals surface area contributed by atoms with Gasteiger partial charge in [-0.2, -0.15) is 0 Å². The maximum absolute atomic E-state index is 11.7. The Morgan fingerprint density at radius 3 is 2.79 bits per heavy atom. The van der Waals surface area contributed by atoms with E-state index in [4.69, 9.17) is 0 Å². The molecule has 0 aromatic carbocycles. The standard InChI is InChI=1S/C11H20N2O/c1-3-13-9-5-4-6-10(13)8-12(2)11(14)7-9/h9-10H,3-8H2,1-2H3. The topological polar surface area (TPSA) is 23.6 Å². The summed E-state index contributed by atoms with van der Waals surface area (Å²) in [6.45, 7) is 4.24. The number of nitrogens with zero attached hydrogens (tertiary/aromatic N) is 2. The molecule has 1 amide bonds. The predicted octanol–water partition coefficient (Wildman–Crippen LogP) is 1.09. The number of hydrogen-bond acceptors (Lipinski definition) is 2. The summed E-state index contributed by atoms with van der Waals surface area (Å²) in [6, 6.07) is 1.14. The summed E-state index contributed by atoms with van der Waals surface area (Å²) in [5.41, 5.74) is 0. The fraction of sp³-hybridized carbons (Fsp3) is 0.909. The van der Waals surface area contributed by atoms with Gasteiger partial charge in [-0.15, -0.1) is 0 Å². The maximum Gasteiger partial charge on any atom is 0.223 e. The molecule has 3 heteroatoms. The van der Waals surface area contributed by atoms with Gasteiger partial charge in [-0.3, -0.25) is 9.69 Å². The van der Waals surface area contributed by atoms with Crippen molar-refractivity contribution in [1.29, 1.82) is 0 Å². The molecule has 2 rings (SSSR count). The molecule has 2 atom stereocenters. The highest BCUT2D eigenvalue weighted by Gasteiger charge is 2.35.